The maximum Gasteiger partial charge on any atom is 0.469 e. The summed E-state index contributed by atoms with van der Waals surface area (Å²) in [6.07, 6.45) is 0.120. The zero-order chi connectivity index (χ0) is 22.2. The van der Waals surface area contributed by atoms with Gasteiger partial charge in [-0.3, -0.25) is 4.52 Å². The Kier molecular flexibility index (Phi) is 6.22. The molecule has 8 heteroatoms. The topological polar surface area (TPSA) is 105 Å². The zero-order valence-corrected chi connectivity index (χ0v) is 18.5. The van der Waals surface area contributed by atoms with Crippen molar-refractivity contribution in [2.45, 2.75) is 32.2 Å². The number of carbonyl (C=O) groups is 1. The summed E-state index contributed by atoms with van der Waals surface area (Å²) in [4.78, 5) is 30.5. The molecule has 2 aliphatic rings. The van der Waals surface area contributed by atoms with Gasteiger partial charge in [-0.1, -0.05) is 62.4 Å². The average Bonchev–Trinajstić information content (AvgIpc) is 3.20. The van der Waals surface area contributed by atoms with Crippen molar-refractivity contribution >= 4 is 13.9 Å². The third kappa shape index (κ3) is 4.70. The minimum Gasteiger partial charge on any atom is -0.449 e. The van der Waals surface area contributed by atoms with Gasteiger partial charge in [-0.05, 0) is 46.4 Å². The maximum absolute atomic E-state index is 12.6. The molecular weight excluding hydrogens is 417 g/mol. The minimum absolute atomic E-state index is 0.00229. The summed E-state index contributed by atoms with van der Waals surface area (Å²) in [7, 11) is -4.50. The van der Waals surface area contributed by atoms with Crippen molar-refractivity contribution in [3.05, 3.63) is 59.7 Å². The Labute approximate surface area is 182 Å². The van der Waals surface area contributed by atoms with Crippen LogP contribution in [0.2, 0.25) is 0 Å². The monoisotopic (exact) mass is 445 g/mol. The molecule has 166 valence electrons. The molecule has 2 aromatic carbocycles. The molecule has 1 fully saturated rings. The largest absolute Gasteiger partial charge is 0.469 e. The summed E-state index contributed by atoms with van der Waals surface area (Å²) in [5.74, 6) is 0.264. The highest BCUT2D eigenvalue weighted by atomic mass is 31.2. The summed E-state index contributed by atoms with van der Waals surface area (Å²) in [5.41, 5.74) is 4.68. The normalized spacial score (nSPS) is 25.2. The van der Waals surface area contributed by atoms with Crippen molar-refractivity contribution in [1.82, 2.24) is 5.32 Å². The number of fused-ring (bicyclic) bond motifs is 3. The Morgan fingerprint density at radius 3 is 2.16 bits per heavy atom. The highest BCUT2D eigenvalue weighted by molar-refractivity contribution is 7.46. The molecule has 4 atom stereocenters. The minimum atomic E-state index is -4.50. The fraction of sp³-hybridized carbons (Fsp3) is 0.435. The van der Waals surface area contributed by atoms with E-state index in [1.807, 2.05) is 38.1 Å². The Morgan fingerprint density at radius 1 is 1.00 bits per heavy atom. The van der Waals surface area contributed by atoms with Crippen molar-refractivity contribution in [2.75, 3.05) is 13.2 Å². The number of rotatable bonds is 6. The molecule has 3 N–H and O–H groups in total. The van der Waals surface area contributed by atoms with Gasteiger partial charge in [-0.15, -0.1) is 0 Å². The van der Waals surface area contributed by atoms with Crippen LogP contribution in [0.4, 0.5) is 4.79 Å². The van der Waals surface area contributed by atoms with Crippen molar-refractivity contribution < 1.29 is 28.4 Å². The van der Waals surface area contributed by atoms with E-state index in [9.17, 15) is 9.36 Å². The Bertz CT molecular complexity index is 960. The molecule has 0 aromatic heterocycles. The van der Waals surface area contributed by atoms with Gasteiger partial charge in [0.05, 0.1) is 6.61 Å². The van der Waals surface area contributed by atoms with Crippen LogP contribution in [-0.4, -0.2) is 35.1 Å². The zero-order valence-electron chi connectivity index (χ0n) is 17.6. The lowest BCUT2D eigenvalue weighted by molar-refractivity contribution is 0.136. The van der Waals surface area contributed by atoms with Gasteiger partial charge < -0.3 is 19.8 Å². The highest BCUT2D eigenvalue weighted by Crippen LogP contribution is 2.45. The van der Waals surface area contributed by atoms with Gasteiger partial charge in [0.2, 0.25) is 0 Å². The van der Waals surface area contributed by atoms with Crippen LogP contribution >= 0.6 is 7.82 Å². The molecule has 7 nitrogen and oxygen atoms in total. The Hall–Kier alpha value is -2.18. The quantitative estimate of drug-likeness (QED) is 0.573. The molecule has 0 bridgehead atoms. The average molecular weight is 445 g/mol. The number of benzene rings is 2. The first kappa shape index (κ1) is 22.0. The highest BCUT2D eigenvalue weighted by Gasteiger charge is 2.40. The molecule has 0 radical (unpaired) electrons. The van der Waals surface area contributed by atoms with Gasteiger partial charge >= 0.3 is 13.9 Å². The number of alkyl carbamates (subject to hydrolysis) is 1. The first-order chi connectivity index (χ1) is 14.7. The Morgan fingerprint density at radius 2 is 1.58 bits per heavy atom. The van der Waals surface area contributed by atoms with Gasteiger partial charge in [-0.25, -0.2) is 9.36 Å². The van der Waals surface area contributed by atoms with Gasteiger partial charge in [0.15, 0.2) is 0 Å². The number of phosphoric acid groups is 1. The summed E-state index contributed by atoms with van der Waals surface area (Å²) in [6.45, 7) is 4.26. The molecular formula is C23H28NO6P. The second kappa shape index (κ2) is 8.75. The van der Waals surface area contributed by atoms with Crippen LogP contribution in [0, 0.1) is 17.8 Å². The maximum atomic E-state index is 12.6. The van der Waals surface area contributed by atoms with Gasteiger partial charge in [-0.2, -0.15) is 0 Å². The first-order valence-electron chi connectivity index (χ1n) is 10.6. The molecule has 1 amide bonds. The lowest BCUT2D eigenvalue weighted by Crippen LogP contribution is -2.38. The van der Waals surface area contributed by atoms with E-state index >= 15 is 0 Å². The summed E-state index contributed by atoms with van der Waals surface area (Å²) in [6, 6.07) is 16.2. The van der Waals surface area contributed by atoms with Crippen molar-refractivity contribution in [1.29, 1.82) is 0 Å². The van der Waals surface area contributed by atoms with Gasteiger partial charge in [0, 0.05) is 12.0 Å². The number of amides is 1. The van der Waals surface area contributed by atoms with E-state index in [0.29, 0.717) is 6.42 Å². The van der Waals surface area contributed by atoms with Gasteiger partial charge in [0.1, 0.15) is 6.61 Å². The van der Waals surface area contributed by atoms with Crippen molar-refractivity contribution in [3.8, 4) is 11.1 Å². The molecule has 4 rings (SSSR count). The standard InChI is InChI=1S/C23H28NO6P/c1-14-15(2)22(11-16(14)12-30-31(26,27)28)24-23(25)29-13-21-19-9-5-3-7-17(19)18-8-4-6-10-20(18)21/h3-10,14-16,21-22H,11-13H2,1-2H3,(H,24,25)(H2,26,27,28)/t14-,15+,16+,22+/m0/s1. The lowest BCUT2D eigenvalue weighted by Gasteiger charge is -2.21. The van der Waals surface area contributed by atoms with E-state index in [4.69, 9.17) is 14.5 Å². The second-order valence-electron chi connectivity index (χ2n) is 8.58. The van der Waals surface area contributed by atoms with Crippen LogP contribution < -0.4 is 5.32 Å². The number of hydrogen-bond acceptors (Lipinski definition) is 4. The molecule has 31 heavy (non-hydrogen) atoms. The first-order valence-corrected chi connectivity index (χ1v) is 12.1. The number of hydrogen-bond donors (Lipinski definition) is 3. The van der Waals surface area contributed by atoms with E-state index in [-0.39, 0.29) is 42.9 Å². The molecule has 1 saturated carbocycles. The summed E-state index contributed by atoms with van der Waals surface area (Å²) >= 11 is 0. The van der Waals surface area contributed by atoms with E-state index in [1.165, 1.54) is 11.1 Å². The van der Waals surface area contributed by atoms with Crippen LogP contribution in [0.25, 0.3) is 11.1 Å². The summed E-state index contributed by atoms with van der Waals surface area (Å²) < 4.78 is 21.3. The summed E-state index contributed by atoms with van der Waals surface area (Å²) in [5, 5.41) is 2.95. The SMILES string of the molecule is C[C@@H]1[C@@H](COP(=O)(O)O)C[C@@H](NC(=O)OCC2c3ccccc3-c3ccccc32)[C@@H]1C. The molecule has 2 aromatic rings. The van der Waals surface area contributed by atoms with Crippen LogP contribution in [0.15, 0.2) is 48.5 Å². The predicted octanol–water partition coefficient (Wildman–Crippen LogP) is 4.30. The fourth-order valence-corrected chi connectivity index (χ4v) is 5.33. The van der Waals surface area contributed by atoms with E-state index < -0.39 is 13.9 Å². The van der Waals surface area contributed by atoms with E-state index in [0.717, 1.165) is 11.1 Å². The molecule has 0 spiro atoms. The van der Waals surface area contributed by atoms with Crippen LogP contribution in [0.5, 0.6) is 0 Å². The van der Waals surface area contributed by atoms with Crippen LogP contribution in [-0.2, 0) is 13.8 Å². The smallest absolute Gasteiger partial charge is 0.449 e. The third-order valence-corrected chi connectivity index (χ3v) is 7.35. The number of phosphoric ester groups is 1. The predicted molar refractivity (Wildman–Crippen MR) is 116 cm³/mol. The fourth-order valence-electron chi connectivity index (χ4n) is 4.95. The molecule has 2 aliphatic carbocycles. The van der Waals surface area contributed by atoms with Crippen LogP contribution in [0.1, 0.15) is 37.3 Å². The number of nitrogens with one attached hydrogen (secondary N) is 1. The Balaban J connectivity index is 1.36. The molecule has 0 saturated heterocycles. The van der Waals surface area contributed by atoms with Crippen LogP contribution in [0.3, 0.4) is 0 Å². The number of carbonyl (C=O) groups excluding carboxylic acids is 1. The third-order valence-electron chi connectivity index (χ3n) is 6.87. The second-order valence-corrected chi connectivity index (χ2v) is 9.82. The van der Waals surface area contributed by atoms with Gasteiger partial charge in [0.25, 0.3) is 0 Å². The van der Waals surface area contributed by atoms with E-state index in [2.05, 4.69) is 34.1 Å². The molecule has 0 unspecified atom stereocenters. The molecule has 0 aliphatic heterocycles. The van der Waals surface area contributed by atoms with E-state index in [1.54, 1.807) is 0 Å². The molecule has 0 heterocycles. The lowest BCUT2D eigenvalue weighted by atomic mass is 9.92. The number of ether oxygens (including phenoxy) is 1. The van der Waals surface area contributed by atoms with Crippen molar-refractivity contribution in [3.63, 3.8) is 0 Å². The van der Waals surface area contributed by atoms with Crippen molar-refractivity contribution in [2.24, 2.45) is 17.8 Å².